The molecule has 0 aromatic heterocycles. The number of aliphatic carboxylic acids is 2. The molecule has 4 unspecified atom stereocenters. The van der Waals surface area contributed by atoms with Crippen LogP contribution in [-0.2, 0) is 24.0 Å². The van der Waals surface area contributed by atoms with Gasteiger partial charge in [0.2, 0.25) is 17.7 Å². The standard InChI is InChI=1S/C19H35N7O8/c1-9(2)6-10(20)15(30)26-13(8-27)17(32)24-11(4-3-5-23-19(21)22)16(31)25-12(18(33)34)7-14(28)29/h9-13,27H,3-8,20H2,1-2H3,(H,24,32)(H,25,31)(H,26,30)(H,28,29)(H,33,34)(H4,21,22,23). The van der Waals surface area contributed by atoms with Gasteiger partial charge in [0.15, 0.2) is 5.96 Å². The third-order valence-corrected chi connectivity index (χ3v) is 4.45. The van der Waals surface area contributed by atoms with E-state index >= 15 is 0 Å². The van der Waals surface area contributed by atoms with Crippen molar-refractivity contribution < 1.29 is 39.3 Å². The number of nitrogens with one attached hydrogen (secondary N) is 3. The maximum atomic E-state index is 12.6. The monoisotopic (exact) mass is 489 g/mol. The lowest BCUT2D eigenvalue weighted by Crippen LogP contribution is -2.58. The Labute approximate surface area is 196 Å². The third kappa shape index (κ3) is 12.5. The number of rotatable bonds is 16. The van der Waals surface area contributed by atoms with Gasteiger partial charge in [-0.1, -0.05) is 13.8 Å². The number of nitrogens with zero attached hydrogens (tertiary/aromatic N) is 1. The highest BCUT2D eigenvalue weighted by molar-refractivity contribution is 5.94. The first-order valence-corrected chi connectivity index (χ1v) is 10.6. The molecule has 0 aliphatic heterocycles. The van der Waals surface area contributed by atoms with Crippen molar-refractivity contribution in [1.29, 1.82) is 0 Å². The number of carboxylic acid groups (broad SMARTS) is 2. The number of aliphatic hydroxyl groups is 1. The molecule has 12 N–H and O–H groups in total. The van der Waals surface area contributed by atoms with E-state index in [4.69, 9.17) is 27.4 Å². The van der Waals surface area contributed by atoms with Crippen LogP contribution in [0, 0.1) is 5.92 Å². The summed E-state index contributed by atoms with van der Waals surface area (Å²) >= 11 is 0. The van der Waals surface area contributed by atoms with Crippen LogP contribution in [0.25, 0.3) is 0 Å². The molecule has 0 aliphatic rings. The van der Waals surface area contributed by atoms with E-state index in [-0.39, 0.29) is 31.3 Å². The van der Waals surface area contributed by atoms with Gasteiger partial charge in [-0.2, -0.15) is 0 Å². The fraction of sp³-hybridized carbons (Fsp3) is 0.684. The lowest BCUT2D eigenvalue weighted by molar-refractivity contribution is -0.147. The molecule has 3 amide bonds. The van der Waals surface area contributed by atoms with Crippen molar-refractivity contribution in [3.63, 3.8) is 0 Å². The molecule has 0 radical (unpaired) electrons. The second-order valence-corrected chi connectivity index (χ2v) is 7.99. The average molecular weight is 490 g/mol. The van der Waals surface area contributed by atoms with Gasteiger partial charge in [-0.3, -0.25) is 24.2 Å². The first kappa shape index (κ1) is 30.5. The summed E-state index contributed by atoms with van der Waals surface area (Å²) in [5.41, 5.74) is 16.2. The summed E-state index contributed by atoms with van der Waals surface area (Å²) in [5.74, 6) is -5.72. The van der Waals surface area contributed by atoms with E-state index in [1.165, 1.54) is 0 Å². The molecule has 34 heavy (non-hydrogen) atoms. The van der Waals surface area contributed by atoms with Gasteiger partial charge in [0, 0.05) is 6.54 Å². The predicted molar refractivity (Wildman–Crippen MR) is 120 cm³/mol. The number of aliphatic imine (C=N–C) groups is 1. The Balaban J connectivity index is 5.42. The molecule has 0 spiro atoms. The number of carbonyl (C=O) groups excluding carboxylic acids is 3. The van der Waals surface area contributed by atoms with E-state index < -0.39 is 66.9 Å². The van der Waals surface area contributed by atoms with Crippen LogP contribution < -0.4 is 33.2 Å². The van der Waals surface area contributed by atoms with E-state index in [1.54, 1.807) is 0 Å². The number of amides is 3. The second-order valence-electron chi connectivity index (χ2n) is 7.99. The van der Waals surface area contributed by atoms with Crippen LogP contribution in [0.1, 0.15) is 39.5 Å². The van der Waals surface area contributed by atoms with Crippen molar-refractivity contribution in [2.24, 2.45) is 28.1 Å². The molecule has 0 aromatic carbocycles. The number of hydrogen-bond donors (Lipinski definition) is 9. The molecule has 0 bridgehead atoms. The van der Waals surface area contributed by atoms with Crippen molar-refractivity contribution in [1.82, 2.24) is 16.0 Å². The molecule has 0 aliphatic carbocycles. The predicted octanol–water partition coefficient (Wildman–Crippen LogP) is -3.58. The van der Waals surface area contributed by atoms with Crippen LogP contribution in [0.5, 0.6) is 0 Å². The number of guanidine groups is 1. The number of hydrogen-bond acceptors (Lipinski definition) is 8. The van der Waals surface area contributed by atoms with Crippen LogP contribution in [-0.4, -0.2) is 88.3 Å². The average Bonchev–Trinajstić information content (AvgIpc) is 2.71. The largest absolute Gasteiger partial charge is 0.481 e. The van der Waals surface area contributed by atoms with Gasteiger partial charge >= 0.3 is 11.9 Å². The van der Waals surface area contributed by atoms with Crippen LogP contribution in [0.4, 0.5) is 0 Å². The summed E-state index contributed by atoms with van der Waals surface area (Å²) in [5, 5.41) is 34.2. The minimum Gasteiger partial charge on any atom is -0.481 e. The van der Waals surface area contributed by atoms with E-state index in [9.17, 15) is 29.1 Å². The molecule has 0 fully saturated rings. The summed E-state index contributed by atoms with van der Waals surface area (Å²) in [6, 6.07) is -5.45. The maximum absolute atomic E-state index is 12.6. The molecular weight excluding hydrogens is 454 g/mol. The Kier molecular flexibility index (Phi) is 13.8. The van der Waals surface area contributed by atoms with Crippen LogP contribution >= 0.6 is 0 Å². The third-order valence-electron chi connectivity index (χ3n) is 4.45. The quantitative estimate of drug-likeness (QED) is 0.0580. The summed E-state index contributed by atoms with van der Waals surface area (Å²) in [7, 11) is 0. The molecule has 4 atom stereocenters. The highest BCUT2D eigenvalue weighted by Gasteiger charge is 2.30. The molecule has 0 rings (SSSR count). The Hall–Kier alpha value is -3.46. The maximum Gasteiger partial charge on any atom is 0.326 e. The van der Waals surface area contributed by atoms with Crippen molar-refractivity contribution in [2.75, 3.05) is 13.2 Å². The minimum absolute atomic E-state index is 0.0628. The van der Waals surface area contributed by atoms with E-state index in [0.717, 1.165) is 0 Å². The Morgan fingerprint density at radius 3 is 1.88 bits per heavy atom. The second kappa shape index (κ2) is 15.4. The lowest BCUT2D eigenvalue weighted by Gasteiger charge is -2.24. The normalized spacial score (nSPS) is 14.3. The van der Waals surface area contributed by atoms with E-state index in [1.807, 2.05) is 13.8 Å². The molecule has 0 saturated carbocycles. The lowest BCUT2D eigenvalue weighted by atomic mass is 10.0. The first-order chi connectivity index (χ1) is 15.8. The van der Waals surface area contributed by atoms with Gasteiger partial charge in [0.1, 0.15) is 18.1 Å². The van der Waals surface area contributed by atoms with Crippen LogP contribution in [0.15, 0.2) is 4.99 Å². The van der Waals surface area contributed by atoms with E-state index in [0.29, 0.717) is 6.42 Å². The summed E-state index contributed by atoms with van der Waals surface area (Å²) in [4.78, 5) is 63.3. The van der Waals surface area contributed by atoms with Gasteiger partial charge in [0.05, 0.1) is 19.1 Å². The van der Waals surface area contributed by atoms with Crippen LogP contribution in [0.2, 0.25) is 0 Å². The molecular formula is C19H35N7O8. The molecule has 0 saturated heterocycles. The number of carbonyl (C=O) groups is 5. The van der Waals surface area contributed by atoms with Gasteiger partial charge in [0.25, 0.3) is 0 Å². The molecule has 194 valence electrons. The van der Waals surface area contributed by atoms with Gasteiger partial charge in [-0.25, -0.2) is 4.79 Å². The zero-order valence-electron chi connectivity index (χ0n) is 19.2. The Morgan fingerprint density at radius 1 is 0.882 bits per heavy atom. The van der Waals surface area contributed by atoms with Gasteiger partial charge < -0.3 is 48.5 Å². The van der Waals surface area contributed by atoms with Crippen LogP contribution in [0.3, 0.4) is 0 Å². The van der Waals surface area contributed by atoms with Crippen molar-refractivity contribution in [3.05, 3.63) is 0 Å². The topological polar surface area (TPSA) is 273 Å². The highest BCUT2D eigenvalue weighted by Crippen LogP contribution is 2.05. The highest BCUT2D eigenvalue weighted by atomic mass is 16.4. The molecule has 0 aromatic rings. The molecule has 0 heterocycles. The number of aliphatic hydroxyl groups excluding tert-OH is 1. The van der Waals surface area contributed by atoms with Gasteiger partial charge in [-0.05, 0) is 25.2 Å². The van der Waals surface area contributed by atoms with Crippen molar-refractivity contribution in [2.45, 2.75) is 63.7 Å². The van der Waals surface area contributed by atoms with Crippen molar-refractivity contribution >= 4 is 35.6 Å². The SMILES string of the molecule is CC(C)CC(N)C(=O)NC(CO)C(=O)NC(CCCN=C(N)N)C(=O)NC(CC(=O)O)C(=O)O. The van der Waals surface area contributed by atoms with E-state index in [2.05, 4.69) is 20.9 Å². The summed E-state index contributed by atoms with van der Waals surface area (Å²) < 4.78 is 0. The summed E-state index contributed by atoms with van der Waals surface area (Å²) in [6.45, 7) is 2.99. The Bertz CT molecular complexity index is 755. The first-order valence-electron chi connectivity index (χ1n) is 10.6. The zero-order valence-corrected chi connectivity index (χ0v) is 19.2. The minimum atomic E-state index is -1.75. The zero-order chi connectivity index (χ0) is 26.4. The smallest absolute Gasteiger partial charge is 0.326 e. The summed E-state index contributed by atoms with van der Waals surface area (Å²) in [6.07, 6.45) is -0.435. The number of carboxylic acids is 2. The van der Waals surface area contributed by atoms with Gasteiger partial charge in [-0.15, -0.1) is 0 Å². The Morgan fingerprint density at radius 2 is 1.41 bits per heavy atom. The molecule has 15 heteroatoms. The van der Waals surface area contributed by atoms with Crippen molar-refractivity contribution in [3.8, 4) is 0 Å². The number of nitrogens with two attached hydrogens (primary N) is 3. The molecule has 15 nitrogen and oxygen atoms in total. The fourth-order valence-electron chi connectivity index (χ4n) is 2.78. The fourth-order valence-corrected chi connectivity index (χ4v) is 2.78.